The van der Waals surface area contributed by atoms with E-state index in [1.807, 2.05) is 31.3 Å². The molecule has 5 nitrogen and oxygen atoms in total. The van der Waals surface area contributed by atoms with Crippen molar-refractivity contribution in [1.82, 2.24) is 15.1 Å². The fraction of sp³-hybridized carbons (Fsp3) is 0.385. The molecular weight excluding hydrogens is 230 g/mol. The van der Waals surface area contributed by atoms with E-state index in [1.165, 1.54) is 0 Å². The first-order valence-electron chi connectivity index (χ1n) is 5.81. The lowest BCUT2D eigenvalue weighted by atomic mass is 10.1. The summed E-state index contributed by atoms with van der Waals surface area (Å²) < 4.78 is 1.81. The molecule has 2 N–H and O–H groups in total. The number of aromatic nitrogens is 2. The van der Waals surface area contributed by atoms with E-state index in [1.54, 1.807) is 18.5 Å². The van der Waals surface area contributed by atoms with Crippen molar-refractivity contribution in [2.75, 3.05) is 0 Å². The quantitative estimate of drug-likeness (QED) is 0.859. The molecule has 0 radical (unpaired) electrons. The third-order valence-corrected chi connectivity index (χ3v) is 3.07. The summed E-state index contributed by atoms with van der Waals surface area (Å²) in [6.45, 7) is 3.71. The fourth-order valence-corrected chi connectivity index (χ4v) is 1.80. The number of aryl methyl sites for hydroxylation is 1. The van der Waals surface area contributed by atoms with Gasteiger partial charge in [-0.05, 0) is 19.9 Å². The molecule has 18 heavy (non-hydrogen) atoms. The minimum atomic E-state index is -0.960. The lowest BCUT2D eigenvalue weighted by Crippen LogP contribution is -2.46. The average Bonchev–Trinajstić information content (AvgIpc) is 2.65. The lowest BCUT2D eigenvalue weighted by Gasteiger charge is -2.20. The maximum Gasteiger partial charge on any atom is 0.323 e. The molecule has 0 aliphatic rings. The highest BCUT2D eigenvalue weighted by Gasteiger charge is 2.26. The zero-order valence-electron chi connectivity index (χ0n) is 10.8. The van der Waals surface area contributed by atoms with E-state index >= 15 is 0 Å². The third-order valence-electron chi connectivity index (χ3n) is 3.07. The molecule has 0 fully saturated rings. The minimum absolute atomic E-state index is 0.431. The van der Waals surface area contributed by atoms with Crippen LogP contribution in [0.1, 0.15) is 19.5 Å². The Labute approximate surface area is 105 Å². The first-order chi connectivity index (χ1) is 8.42. The minimum Gasteiger partial charge on any atom is -0.480 e. The Morgan fingerprint density at radius 3 is 2.78 bits per heavy atom. The molecule has 0 amide bonds. The smallest absolute Gasteiger partial charge is 0.323 e. The Kier molecular flexibility index (Phi) is 3.09. The van der Waals surface area contributed by atoms with Crippen molar-refractivity contribution < 1.29 is 9.90 Å². The lowest BCUT2D eigenvalue weighted by molar-refractivity contribution is -0.143. The molecule has 0 atom stereocenters. The van der Waals surface area contributed by atoms with E-state index in [2.05, 4.69) is 10.4 Å². The van der Waals surface area contributed by atoms with Crippen molar-refractivity contribution in [2.24, 2.45) is 7.05 Å². The maximum atomic E-state index is 11.0. The Hall–Kier alpha value is -1.88. The van der Waals surface area contributed by atoms with E-state index in [-0.39, 0.29) is 0 Å². The van der Waals surface area contributed by atoms with Crippen molar-refractivity contribution in [2.45, 2.75) is 25.9 Å². The summed E-state index contributed by atoms with van der Waals surface area (Å²) in [5.74, 6) is -0.872. The molecule has 1 aromatic heterocycles. The number of carbonyl (C=O) groups is 1. The molecular formula is C13H17N3O2. The Morgan fingerprint density at radius 1 is 1.44 bits per heavy atom. The van der Waals surface area contributed by atoms with Crippen molar-refractivity contribution in [1.29, 1.82) is 0 Å². The van der Waals surface area contributed by atoms with Crippen molar-refractivity contribution in [3.63, 3.8) is 0 Å². The van der Waals surface area contributed by atoms with Gasteiger partial charge in [0.05, 0.1) is 11.2 Å². The summed E-state index contributed by atoms with van der Waals surface area (Å²) in [6, 6.07) is 7.90. The van der Waals surface area contributed by atoms with E-state index in [9.17, 15) is 4.79 Å². The van der Waals surface area contributed by atoms with Gasteiger partial charge in [-0.15, -0.1) is 0 Å². The van der Waals surface area contributed by atoms with Gasteiger partial charge in [0.2, 0.25) is 0 Å². The molecule has 0 aliphatic heterocycles. The monoisotopic (exact) mass is 247 g/mol. The molecule has 0 unspecified atom stereocenters. The predicted molar refractivity (Wildman–Crippen MR) is 69.3 cm³/mol. The normalized spacial score (nSPS) is 11.9. The van der Waals surface area contributed by atoms with Gasteiger partial charge in [-0.2, -0.15) is 5.10 Å². The first kappa shape index (κ1) is 12.6. The number of benzene rings is 1. The maximum absolute atomic E-state index is 11.0. The molecule has 2 aromatic rings. The second-order valence-electron chi connectivity index (χ2n) is 4.87. The molecule has 2 rings (SSSR count). The van der Waals surface area contributed by atoms with Gasteiger partial charge in [0.1, 0.15) is 5.54 Å². The number of nitrogens with zero attached hydrogens (tertiary/aromatic N) is 2. The molecule has 0 bridgehead atoms. The van der Waals surface area contributed by atoms with Gasteiger partial charge in [-0.3, -0.25) is 14.8 Å². The Morgan fingerprint density at radius 2 is 2.11 bits per heavy atom. The standard InChI is InChI=1S/C13H17N3O2/c1-13(2,12(17)18)14-8-10-9-6-4-5-7-11(9)16(3)15-10/h4-7,14H,8H2,1-3H3,(H,17,18). The van der Waals surface area contributed by atoms with E-state index in [4.69, 9.17) is 5.11 Å². The van der Waals surface area contributed by atoms with Gasteiger partial charge in [0, 0.05) is 19.0 Å². The average molecular weight is 247 g/mol. The molecule has 1 heterocycles. The second-order valence-corrected chi connectivity index (χ2v) is 4.87. The summed E-state index contributed by atoms with van der Waals surface area (Å²) >= 11 is 0. The number of para-hydroxylation sites is 1. The van der Waals surface area contributed by atoms with Crippen molar-refractivity contribution in [3.05, 3.63) is 30.0 Å². The predicted octanol–water partition coefficient (Wildman–Crippen LogP) is 1.53. The zero-order valence-corrected chi connectivity index (χ0v) is 10.8. The number of carboxylic acids is 1. The van der Waals surface area contributed by atoms with Crippen LogP contribution in [0.15, 0.2) is 24.3 Å². The highest BCUT2D eigenvalue weighted by Crippen LogP contribution is 2.17. The summed E-state index contributed by atoms with van der Waals surface area (Å²) in [6.07, 6.45) is 0. The largest absolute Gasteiger partial charge is 0.480 e. The number of hydrogen-bond acceptors (Lipinski definition) is 3. The van der Waals surface area contributed by atoms with Crippen LogP contribution >= 0.6 is 0 Å². The summed E-state index contributed by atoms with van der Waals surface area (Å²) in [4.78, 5) is 11.0. The molecule has 0 aliphatic carbocycles. The third kappa shape index (κ3) is 2.22. The molecule has 5 heteroatoms. The summed E-state index contributed by atoms with van der Waals surface area (Å²) in [7, 11) is 1.88. The molecule has 0 saturated carbocycles. The first-order valence-corrected chi connectivity index (χ1v) is 5.81. The van der Waals surface area contributed by atoms with Crippen LogP contribution in [-0.2, 0) is 18.4 Å². The molecule has 96 valence electrons. The molecule has 0 spiro atoms. The van der Waals surface area contributed by atoms with Gasteiger partial charge in [-0.25, -0.2) is 0 Å². The zero-order chi connectivity index (χ0) is 13.3. The van der Waals surface area contributed by atoms with Crippen LogP contribution in [0.25, 0.3) is 10.9 Å². The van der Waals surface area contributed by atoms with Crippen LogP contribution in [0.3, 0.4) is 0 Å². The topological polar surface area (TPSA) is 67.2 Å². The highest BCUT2D eigenvalue weighted by molar-refractivity contribution is 5.82. The number of rotatable bonds is 4. The number of nitrogens with one attached hydrogen (secondary N) is 1. The second kappa shape index (κ2) is 4.42. The van der Waals surface area contributed by atoms with Crippen LogP contribution in [0, 0.1) is 0 Å². The van der Waals surface area contributed by atoms with Crippen LogP contribution in [0.2, 0.25) is 0 Å². The Balaban J connectivity index is 2.25. The van der Waals surface area contributed by atoms with E-state index in [0.29, 0.717) is 6.54 Å². The van der Waals surface area contributed by atoms with Gasteiger partial charge >= 0.3 is 5.97 Å². The number of carboxylic acid groups (broad SMARTS) is 1. The van der Waals surface area contributed by atoms with Crippen LogP contribution in [0.4, 0.5) is 0 Å². The number of hydrogen-bond donors (Lipinski definition) is 2. The van der Waals surface area contributed by atoms with Crippen LogP contribution in [-0.4, -0.2) is 26.4 Å². The van der Waals surface area contributed by atoms with Crippen LogP contribution < -0.4 is 5.32 Å². The van der Waals surface area contributed by atoms with Crippen LogP contribution in [0.5, 0.6) is 0 Å². The Bertz CT molecular complexity index is 587. The number of fused-ring (bicyclic) bond motifs is 1. The number of aliphatic carboxylic acids is 1. The fourth-order valence-electron chi connectivity index (χ4n) is 1.80. The molecule has 0 saturated heterocycles. The highest BCUT2D eigenvalue weighted by atomic mass is 16.4. The van der Waals surface area contributed by atoms with Gasteiger partial charge in [-0.1, -0.05) is 18.2 Å². The summed E-state index contributed by atoms with van der Waals surface area (Å²) in [5, 5.41) is 17.5. The van der Waals surface area contributed by atoms with Crippen molar-refractivity contribution >= 4 is 16.9 Å². The van der Waals surface area contributed by atoms with Gasteiger partial charge in [0.15, 0.2) is 0 Å². The SMILES string of the molecule is Cn1nc(CNC(C)(C)C(=O)O)c2ccccc21. The summed E-state index contributed by atoms with van der Waals surface area (Å²) in [5.41, 5.74) is 0.948. The van der Waals surface area contributed by atoms with Gasteiger partial charge < -0.3 is 5.11 Å². The van der Waals surface area contributed by atoms with Gasteiger partial charge in [0.25, 0.3) is 0 Å². The van der Waals surface area contributed by atoms with E-state index < -0.39 is 11.5 Å². The van der Waals surface area contributed by atoms with E-state index in [0.717, 1.165) is 16.6 Å². The van der Waals surface area contributed by atoms with Crippen molar-refractivity contribution in [3.8, 4) is 0 Å². The molecule has 1 aromatic carbocycles.